The van der Waals surface area contributed by atoms with Crippen molar-refractivity contribution < 1.29 is 9.72 Å². The van der Waals surface area contributed by atoms with Crippen LogP contribution in [-0.2, 0) is 17.8 Å². The van der Waals surface area contributed by atoms with Crippen LogP contribution in [0.2, 0.25) is 0 Å². The van der Waals surface area contributed by atoms with Crippen molar-refractivity contribution in [3.63, 3.8) is 0 Å². The Hall–Kier alpha value is -2.45. The number of hydrogen-bond donors (Lipinski definition) is 1. The van der Waals surface area contributed by atoms with Gasteiger partial charge in [0.25, 0.3) is 0 Å². The number of halogens is 1. The van der Waals surface area contributed by atoms with Crippen molar-refractivity contribution in [2.45, 2.75) is 13.0 Å². The predicted molar refractivity (Wildman–Crippen MR) is 91.9 cm³/mol. The van der Waals surface area contributed by atoms with Gasteiger partial charge in [0.1, 0.15) is 18.9 Å². The van der Waals surface area contributed by atoms with E-state index in [2.05, 4.69) is 5.10 Å². The van der Waals surface area contributed by atoms with E-state index < -0.39 is 4.92 Å². The zero-order valence-corrected chi connectivity index (χ0v) is 13.9. The van der Waals surface area contributed by atoms with Crippen molar-refractivity contribution in [1.82, 2.24) is 14.7 Å². The molecule has 1 aromatic heterocycles. The normalized spacial score (nSPS) is 10.0. The van der Waals surface area contributed by atoms with Gasteiger partial charge < -0.3 is 10.6 Å². The Balaban J connectivity index is 0.00000288. The van der Waals surface area contributed by atoms with Crippen LogP contribution in [0.3, 0.4) is 0 Å². The quantitative estimate of drug-likeness (QED) is 0.567. The SMILES string of the molecule is Cl.NCCN(CCc1ccccc1)C(=O)Cn1cc([N+](=O)[O-])cn1. The fourth-order valence-corrected chi connectivity index (χ4v) is 2.20. The number of benzene rings is 1. The Labute approximate surface area is 145 Å². The molecule has 0 unspecified atom stereocenters. The molecule has 0 saturated carbocycles. The molecule has 2 rings (SSSR count). The lowest BCUT2D eigenvalue weighted by atomic mass is 10.1. The Kier molecular flexibility index (Phi) is 7.87. The molecular weight excluding hydrogens is 334 g/mol. The molecule has 1 aromatic carbocycles. The average Bonchev–Trinajstić information content (AvgIpc) is 3.01. The second-order valence-corrected chi connectivity index (χ2v) is 5.06. The number of amides is 1. The summed E-state index contributed by atoms with van der Waals surface area (Å²) in [7, 11) is 0. The van der Waals surface area contributed by atoms with E-state index in [0.29, 0.717) is 19.6 Å². The highest BCUT2D eigenvalue weighted by atomic mass is 35.5. The second kappa shape index (κ2) is 9.64. The monoisotopic (exact) mass is 353 g/mol. The number of carbonyl (C=O) groups is 1. The summed E-state index contributed by atoms with van der Waals surface area (Å²) in [6.45, 7) is 1.31. The van der Waals surface area contributed by atoms with Gasteiger partial charge in [0.2, 0.25) is 5.91 Å². The molecule has 2 aromatic rings. The van der Waals surface area contributed by atoms with E-state index in [0.717, 1.165) is 18.2 Å². The summed E-state index contributed by atoms with van der Waals surface area (Å²) in [5.41, 5.74) is 6.57. The third kappa shape index (κ3) is 5.64. The fraction of sp³-hybridized carbons (Fsp3) is 0.333. The van der Waals surface area contributed by atoms with Crippen molar-refractivity contribution in [3.05, 3.63) is 58.4 Å². The van der Waals surface area contributed by atoms with Gasteiger partial charge in [0.15, 0.2) is 0 Å². The van der Waals surface area contributed by atoms with E-state index in [-0.39, 0.29) is 30.5 Å². The topological polar surface area (TPSA) is 107 Å². The Morgan fingerprint density at radius 1 is 1.29 bits per heavy atom. The molecule has 8 nitrogen and oxygen atoms in total. The number of hydrogen-bond acceptors (Lipinski definition) is 5. The number of carbonyl (C=O) groups excluding carboxylic acids is 1. The van der Waals surface area contributed by atoms with Crippen LogP contribution in [-0.4, -0.2) is 45.1 Å². The van der Waals surface area contributed by atoms with Crippen LogP contribution in [0.4, 0.5) is 5.69 Å². The maximum Gasteiger partial charge on any atom is 0.307 e. The maximum atomic E-state index is 12.3. The molecule has 24 heavy (non-hydrogen) atoms. The van der Waals surface area contributed by atoms with E-state index in [9.17, 15) is 14.9 Å². The van der Waals surface area contributed by atoms with Gasteiger partial charge in [-0.05, 0) is 12.0 Å². The van der Waals surface area contributed by atoms with Crippen molar-refractivity contribution in [1.29, 1.82) is 0 Å². The van der Waals surface area contributed by atoms with Crippen LogP contribution in [0.25, 0.3) is 0 Å². The molecule has 130 valence electrons. The first-order valence-electron chi connectivity index (χ1n) is 7.28. The number of nitro groups is 1. The Morgan fingerprint density at radius 3 is 2.58 bits per heavy atom. The molecule has 0 radical (unpaired) electrons. The third-order valence-electron chi connectivity index (χ3n) is 3.39. The first-order valence-corrected chi connectivity index (χ1v) is 7.28. The van der Waals surface area contributed by atoms with Crippen LogP contribution in [0, 0.1) is 10.1 Å². The number of nitrogens with two attached hydrogens (primary N) is 1. The van der Waals surface area contributed by atoms with Gasteiger partial charge in [-0.1, -0.05) is 30.3 Å². The summed E-state index contributed by atoms with van der Waals surface area (Å²) in [6, 6.07) is 9.85. The lowest BCUT2D eigenvalue weighted by Gasteiger charge is -2.22. The van der Waals surface area contributed by atoms with Crippen LogP contribution in [0.5, 0.6) is 0 Å². The zero-order valence-electron chi connectivity index (χ0n) is 13.1. The Morgan fingerprint density at radius 2 is 2.00 bits per heavy atom. The molecule has 0 aliphatic heterocycles. The van der Waals surface area contributed by atoms with Gasteiger partial charge >= 0.3 is 5.69 Å². The van der Waals surface area contributed by atoms with Gasteiger partial charge in [0.05, 0.1) is 4.92 Å². The largest absolute Gasteiger partial charge is 0.339 e. The van der Waals surface area contributed by atoms with Crippen molar-refractivity contribution in [3.8, 4) is 0 Å². The highest BCUT2D eigenvalue weighted by Crippen LogP contribution is 2.08. The molecule has 0 spiro atoms. The molecule has 9 heteroatoms. The summed E-state index contributed by atoms with van der Waals surface area (Å²) in [5, 5.41) is 14.5. The minimum absolute atomic E-state index is 0. The molecule has 1 amide bonds. The Bertz CT molecular complexity index is 662. The molecular formula is C15H20ClN5O3. The second-order valence-electron chi connectivity index (χ2n) is 5.06. The van der Waals surface area contributed by atoms with Crippen LogP contribution >= 0.6 is 12.4 Å². The van der Waals surface area contributed by atoms with Gasteiger partial charge in [-0.2, -0.15) is 5.10 Å². The molecule has 0 fully saturated rings. The van der Waals surface area contributed by atoms with Crippen LogP contribution < -0.4 is 5.73 Å². The maximum absolute atomic E-state index is 12.3. The first kappa shape index (κ1) is 19.6. The standard InChI is InChI=1S/C15H19N5O3.ClH/c16-7-9-18(8-6-13-4-2-1-3-5-13)15(21)12-19-11-14(10-17-19)20(22)23;/h1-5,10-11H,6-9,12,16H2;1H. The van der Waals surface area contributed by atoms with Gasteiger partial charge in [-0.15, -0.1) is 12.4 Å². The highest BCUT2D eigenvalue weighted by Gasteiger charge is 2.16. The summed E-state index contributed by atoms with van der Waals surface area (Å²) in [5.74, 6) is -0.163. The first-order chi connectivity index (χ1) is 11.1. The lowest BCUT2D eigenvalue weighted by molar-refractivity contribution is -0.385. The molecule has 1 heterocycles. The number of nitrogens with zero attached hydrogens (tertiary/aromatic N) is 4. The number of rotatable bonds is 8. The van der Waals surface area contributed by atoms with E-state index in [1.807, 2.05) is 30.3 Å². The smallest absolute Gasteiger partial charge is 0.307 e. The van der Waals surface area contributed by atoms with Crippen molar-refractivity contribution in [2.75, 3.05) is 19.6 Å². The van der Waals surface area contributed by atoms with Crippen molar-refractivity contribution in [2.24, 2.45) is 5.73 Å². The fourth-order valence-electron chi connectivity index (χ4n) is 2.20. The summed E-state index contributed by atoms with van der Waals surface area (Å²) < 4.78 is 1.27. The third-order valence-corrected chi connectivity index (χ3v) is 3.39. The molecule has 0 atom stereocenters. The van der Waals surface area contributed by atoms with E-state index in [1.54, 1.807) is 4.90 Å². The minimum Gasteiger partial charge on any atom is -0.339 e. The lowest BCUT2D eigenvalue weighted by Crippen LogP contribution is -2.39. The van der Waals surface area contributed by atoms with Gasteiger partial charge in [-0.3, -0.25) is 19.6 Å². The molecule has 0 aliphatic rings. The van der Waals surface area contributed by atoms with Gasteiger partial charge in [-0.25, -0.2) is 0 Å². The van der Waals surface area contributed by atoms with E-state index in [1.165, 1.54) is 10.9 Å². The highest BCUT2D eigenvalue weighted by molar-refractivity contribution is 5.85. The van der Waals surface area contributed by atoms with E-state index >= 15 is 0 Å². The van der Waals surface area contributed by atoms with Crippen LogP contribution in [0.15, 0.2) is 42.7 Å². The van der Waals surface area contributed by atoms with Crippen molar-refractivity contribution >= 4 is 24.0 Å². The predicted octanol–water partition coefficient (Wildman–Crippen LogP) is 1.24. The van der Waals surface area contributed by atoms with Crippen LogP contribution in [0.1, 0.15) is 5.56 Å². The molecule has 0 saturated heterocycles. The minimum atomic E-state index is -0.541. The summed E-state index contributed by atoms with van der Waals surface area (Å²) in [6.07, 6.45) is 3.10. The average molecular weight is 354 g/mol. The zero-order chi connectivity index (χ0) is 16.7. The number of aromatic nitrogens is 2. The molecule has 0 aliphatic carbocycles. The summed E-state index contributed by atoms with van der Waals surface area (Å²) >= 11 is 0. The summed E-state index contributed by atoms with van der Waals surface area (Å²) in [4.78, 5) is 24.1. The molecule has 0 bridgehead atoms. The van der Waals surface area contributed by atoms with E-state index in [4.69, 9.17) is 5.73 Å². The molecule has 2 N–H and O–H groups in total. The van der Waals surface area contributed by atoms with Gasteiger partial charge in [0, 0.05) is 19.6 Å².